The first-order chi connectivity index (χ1) is 20.4. The minimum atomic E-state index is 0.759. The van der Waals surface area contributed by atoms with Crippen LogP contribution < -0.4 is 19.3 Å². The van der Waals surface area contributed by atoms with Crippen LogP contribution in [0.5, 0.6) is 11.5 Å². The molecule has 9 heteroatoms. The molecule has 2 aromatic heterocycles. The summed E-state index contributed by atoms with van der Waals surface area (Å²) in [6.07, 6.45) is 5.39. The Labute approximate surface area is 251 Å². The van der Waals surface area contributed by atoms with Crippen molar-refractivity contribution in [2.75, 3.05) is 78.4 Å². The summed E-state index contributed by atoms with van der Waals surface area (Å²) in [6, 6.07) is 24.2. The number of anilines is 2. The molecule has 0 N–H and O–H groups in total. The van der Waals surface area contributed by atoms with Crippen molar-refractivity contribution in [2.24, 2.45) is 0 Å². The highest BCUT2D eigenvalue weighted by molar-refractivity contribution is 5.40. The molecular formula is C33H45N7O2. The van der Waals surface area contributed by atoms with Crippen LogP contribution in [0.3, 0.4) is 0 Å². The van der Waals surface area contributed by atoms with Gasteiger partial charge in [-0.05, 0) is 81.8 Å². The van der Waals surface area contributed by atoms with Crippen LogP contribution in [0.25, 0.3) is 0 Å². The fourth-order valence-electron chi connectivity index (χ4n) is 4.06. The van der Waals surface area contributed by atoms with Gasteiger partial charge in [0.1, 0.15) is 17.3 Å². The quantitative estimate of drug-likeness (QED) is 0.214. The molecule has 0 aliphatic rings. The average Bonchev–Trinajstić information content (AvgIpc) is 3.03. The molecule has 9 nitrogen and oxygen atoms in total. The Hall–Kier alpha value is -4.21. The highest BCUT2D eigenvalue weighted by Crippen LogP contribution is 2.17. The number of hydrogen-bond acceptors (Lipinski definition) is 9. The predicted molar refractivity (Wildman–Crippen MR) is 171 cm³/mol. The Kier molecular flexibility index (Phi) is 13.5. The van der Waals surface area contributed by atoms with Crippen LogP contribution in [-0.2, 0) is 13.1 Å². The second-order valence-corrected chi connectivity index (χ2v) is 10.4. The smallest absolute Gasteiger partial charge is 0.225 e. The van der Waals surface area contributed by atoms with Gasteiger partial charge in [0.15, 0.2) is 0 Å². The van der Waals surface area contributed by atoms with Gasteiger partial charge in [0, 0.05) is 57.9 Å². The lowest BCUT2D eigenvalue weighted by Gasteiger charge is -2.25. The highest BCUT2D eigenvalue weighted by Gasteiger charge is 2.11. The van der Waals surface area contributed by atoms with E-state index < -0.39 is 0 Å². The number of ether oxygens (including phenoxy) is 2. The summed E-state index contributed by atoms with van der Waals surface area (Å²) in [6.45, 7) is 5.39. The Morgan fingerprint density at radius 2 is 1.00 bits per heavy atom. The van der Waals surface area contributed by atoms with E-state index in [1.54, 1.807) is 26.6 Å². The van der Waals surface area contributed by atoms with Crippen molar-refractivity contribution in [2.45, 2.75) is 13.1 Å². The van der Waals surface area contributed by atoms with Crippen LogP contribution in [0.1, 0.15) is 11.1 Å². The zero-order valence-electron chi connectivity index (χ0n) is 25.8. The topological polar surface area (TPSA) is 70.1 Å². The van der Waals surface area contributed by atoms with Gasteiger partial charge in [-0.3, -0.25) is 0 Å². The van der Waals surface area contributed by atoms with Crippen LogP contribution in [0.4, 0.5) is 11.8 Å². The fraction of sp³-hybridized carbons (Fsp3) is 0.364. The first-order valence-corrected chi connectivity index (χ1v) is 14.1. The molecule has 4 rings (SSSR count). The molecule has 0 saturated carbocycles. The van der Waals surface area contributed by atoms with Crippen LogP contribution in [-0.4, -0.2) is 93.3 Å². The Bertz CT molecular complexity index is 1150. The molecule has 2 heterocycles. The first kappa shape index (κ1) is 32.3. The van der Waals surface area contributed by atoms with Crippen molar-refractivity contribution in [3.8, 4) is 11.5 Å². The number of methoxy groups -OCH3 is 2. The third kappa shape index (κ3) is 11.3. The van der Waals surface area contributed by atoms with E-state index in [1.807, 2.05) is 48.7 Å². The van der Waals surface area contributed by atoms with Crippen LogP contribution in [0.15, 0.2) is 91.4 Å². The molecule has 0 amide bonds. The summed E-state index contributed by atoms with van der Waals surface area (Å²) in [4.78, 5) is 22.0. The Morgan fingerprint density at radius 3 is 1.45 bits per heavy atom. The molecule has 0 saturated heterocycles. The number of likely N-dealkylation sites (N-methyl/N-ethyl adjacent to an activating group) is 2. The van der Waals surface area contributed by atoms with E-state index in [2.05, 4.69) is 93.1 Å². The van der Waals surface area contributed by atoms with Gasteiger partial charge < -0.3 is 29.1 Å². The van der Waals surface area contributed by atoms with Gasteiger partial charge in [0.25, 0.3) is 0 Å². The second kappa shape index (κ2) is 17.6. The third-order valence-electron chi connectivity index (χ3n) is 6.51. The van der Waals surface area contributed by atoms with Crippen molar-refractivity contribution in [3.05, 3.63) is 103 Å². The van der Waals surface area contributed by atoms with E-state index >= 15 is 0 Å². The zero-order chi connectivity index (χ0) is 30.2. The normalized spacial score (nSPS) is 10.7. The molecule has 0 bridgehead atoms. The summed E-state index contributed by atoms with van der Waals surface area (Å²) >= 11 is 0. The maximum Gasteiger partial charge on any atom is 0.225 e. The first-order valence-electron chi connectivity index (χ1n) is 14.1. The van der Waals surface area contributed by atoms with Gasteiger partial charge >= 0.3 is 0 Å². The van der Waals surface area contributed by atoms with Crippen molar-refractivity contribution in [1.82, 2.24) is 24.8 Å². The molecule has 0 aliphatic carbocycles. The van der Waals surface area contributed by atoms with Crippen LogP contribution in [0.2, 0.25) is 0 Å². The number of hydrogen-bond donors (Lipinski definition) is 0. The van der Waals surface area contributed by atoms with Gasteiger partial charge in [-0.25, -0.2) is 15.0 Å². The molecule has 0 radical (unpaired) electrons. The minimum absolute atomic E-state index is 0.759. The molecule has 0 spiro atoms. The Balaban J connectivity index is 0.000000230. The standard InChI is InChI=1S/C17H23N3O.C16H22N4O/c1-19(2)12-13-20(17-6-4-5-11-18-17)14-15-7-9-16(21-3)10-8-15;1-19(2)11-12-20(16-17-9-4-10-18-16)13-14-5-7-15(21-3)8-6-14/h4-11H,12-14H2,1-3H3;4-10H,11-13H2,1-3H3. The fourth-order valence-corrected chi connectivity index (χ4v) is 4.06. The van der Waals surface area contributed by atoms with E-state index in [9.17, 15) is 0 Å². The summed E-state index contributed by atoms with van der Waals surface area (Å²) in [7, 11) is 11.7. The van der Waals surface area contributed by atoms with Crippen molar-refractivity contribution in [3.63, 3.8) is 0 Å². The molecule has 4 aromatic rings. The second-order valence-electron chi connectivity index (χ2n) is 10.4. The van der Waals surface area contributed by atoms with Gasteiger partial charge in [0.05, 0.1) is 14.2 Å². The van der Waals surface area contributed by atoms with E-state index in [-0.39, 0.29) is 0 Å². The van der Waals surface area contributed by atoms with Gasteiger partial charge in [-0.2, -0.15) is 0 Å². The van der Waals surface area contributed by atoms with Crippen LogP contribution in [0, 0.1) is 0 Å². The number of pyridine rings is 1. The largest absolute Gasteiger partial charge is 0.497 e. The lowest BCUT2D eigenvalue weighted by atomic mass is 10.2. The monoisotopic (exact) mass is 571 g/mol. The molecule has 0 fully saturated rings. The summed E-state index contributed by atoms with van der Waals surface area (Å²) in [5, 5.41) is 0. The predicted octanol–water partition coefficient (Wildman–Crippen LogP) is 4.71. The third-order valence-corrected chi connectivity index (χ3v) is 6.51. The average molecular weight is 572 g/mol. The molecule has 224 valence electrons. The highest BCUT2D eigenvalue weighted by atomic mass is 16.5. The summed E-state index contributed by atoms with van der Waals surface area (Å²) < 4.78 is 10.4. The molecule has 2 aromatic carbocycles. The summed E-state index contributed by atoms with van der Waals surface area (Å²) in [5.41, 5.74) is 2.46. The van der Waals surface area contributed by atoms with Gasteiger partial charge in [-0.15, -0.1) is 0 Å². The SMILES string of the molecule is COc1ccc(CN(CCN(C)C)c2ccccn2)cc1.COc1ccc(CN(CCN(C)C)c2ncccn2)cc1. The zero-order valence-corrected chi connectivity index (χ0v) is 25.8. The molecular weight excluding hydrogens is 526 g/mol. The van der Waals surface area contributed by atoms with E-state index in [1.165, 1.54) is 11.1 Å². The molecule has 42 heavy (non-hydrogen) atoms. The van der Waals surface area contributed by atoms with E-state index in [0.29, 0.717) is 0 Å². The minimum Gasteiger partial charge on any atom is -0.497 e. The molecule has 0 aliphatic heterocycles. The number of aromatic nitrogens is 3. The van der Waals surface area contributed by atoms with Crippen molar-refractivity contribution >= 4 is 11.8 Å². The van der Waals surface area contributed by atoms with Crippen molar-refractivity contribution < 1.29 is 9.47 Å². The van der Waals surface area contributed by atoms with Gasteiger partial charge in [0.2, 0.25) is 5.95 Å². The van der Waals surface area contributed by atoms with E-state index in [0.717, 1.165) is 62.5 Å². The van der Waals surface area contributed by atoms with Crippen LogP contribution >= 0.6 is 0 Å². The molecule has 0 atom stereocenters. The summed E-state index contributed by atoms with van der Waals surface area (Å²) in [5.74, 6) is 3.52. The number of rotatable bonds is 14. The lowest BCUT2D eigenvalue weighted by Crippen LogP contribution is -2.32. The maximum absolute atomic E-state index is 5.21. The lowest BCUT2D eigenvalue weighted by molar-refractivity contribution is 0.411. The maximum atomic E-state index is 5.21. The number of benzene rings is 2. The Morgan fingerprint density at radius 1 is 0.524 bits per heavy atom. The molecule has 0 unspecified atom stereocenters. The van der Waals surface area contributed by atoms with Crippen molar-refractivity contribution in [1.29, 1.82) is 0 Å². The van der Waals surface area contributed by atoms with Gasteiger partial charge in [-0.1, -0.05) is 30.3 Å². The number of nitrogens with zero attached hydrogens (tertiary/aromatic N) is 7. The van der Waals surface area contributed by atoms with E-state index in [4.69, 9.17) is 9.47 Å².